The molecule has 1 heterocycles. The van der Waals surface area contributed by atoms with Gasteiger partial charge in [-0.25, -0.2) is 0 Å². The summed E-state index contributed by atoms with van der Waals surface area (Å²) >= 11 is 0. The maximum atomic E-state index is 8.75. The molecule has 1 fully saturated rings. The summed E-state index contributed by atoms with van der Waals surface area (Å²) in [5, 5.41) is 8.75. The van der Waals surface area contributed by atoms with Gasteiger partial charge in [0.15, 0.2) is 0 Å². The van der Waals surface area contributed by atoms with Crippen LogP contribution in [0.15, 0.2) is 24.3 Å². The number of piperidine rings is 1. The van der Waals surface area contributed by atoms with Crippen molar-refractivity contribution in [2.24, 2.45) is 0 Å². The second kappa shape index (κ2) is 7.48. The number of ether oxygens (including phenoxy) is 2. The Balaban J connectivity index is 1.82. The van der Waals surface area contributed by atoms with Gasteiger partial charge < -0.3 is 14.6 Å². The molecule has 19 heavy (non-hydrogen) atoms. The van der Waals surface area contributed by atoms with E-state index < -0.39 is 0 Å². The van der Waals surface area contributed by atoms with Crippen molar-refractivity contribution in [1.82, 2.24) is 4.90 Å². The minimum Gasteiger partial charge on any atom is -0.496 e. The molecule has 0 saturated carbocycles. The normalized spacial score (nSPS) is 17.6. The van der Waals surface area contributed by atoms with Crippen LogP contribution in [0.1, 0.15) is 18.4 Å². The van der Waals surface area contributed by atoms with Crippen molar-refractivity contribution in [3.63, 3.8) is 0 Å². The Morgan fingerprint density at radius 2 is 2.00 bits per heavy atom. The number of methoxy groups -OCH3 is 1. The third-order valence-corrected chi connectivity index (χ3v) is 3.57. The zero-order valence-electron chi connectivity index (χ0n) is 11.5. The lowest BCUT2D eigenvalue weighted by Gasteiger charge is -2.32. The van der Waals surface area contributed by atoms with Crippen molar-refractivity contribution in [2.75, 3.05) is 33.4 Å². The molecule has 4 heteroatoms. The molecule has 0 amide bonds. The highest BCUT2D eigenvalue weighted by molar-refractivity contribution is 5.33. The first-order chi connectivity index (χ1) is 9.33. The highest BCUT2D eigenvalue weighted by atomic mass is 16.5. The summed E-state index contributed by atoms with van der Waals surface area (Å²) in [6.45, 7) is 3.57. The SMILES string of the molecule is COc1ccccc1CN1CCC(OCCO)CC1. The molecule has 0 bridgehead atoms. The predicted octanol–water partition coefficient (Wildman–Crippen LogP) is 1.67. The van der Waals surface area contributed by atoms with E-state index in [0.29, 0.717) is 12.7 Å². The van der Waals surface area contributed by atoms with Crippen molar-refractivity contribution in [3.8, 4) is 5.75 Å². The van der Waals surface area contributed by atoms with E-state index >= 15 is 0 Å². The molecule has 1 aliphatic heterocycles. The highest BCUT2D eigenvalue weighted by Gasteiger charge is 2.20. The Hall–Kier alpha value is -1.10. The van der Waals surface area contributed by atoms with Gasteiger partial charge in [-0.05, 0) is 18.9 Å². The van der Waals surface area contributed by atoms with Gasteiger partial charge in [-0.15, -0.1) is 0 Å². The van der Waals surface area contributed by atoms with Gasteiger partial charge in [0.05, 0.1) is 26.4 Å². The Morgan fingerprint density at radius 1 is 1.26 bits per heavy atom. The van der Waals surface area contributed by atoms with Crippen molar-refractivity contribution >= 4 is 0 Å². The van der Waals surface area contributed by atoms with Crippen molar-refractivity contribution in [2.45, 2.75) is 25.5 Å². The molecule has 2 rings (SSSR count). The summed E-state index contributed by atoms with van der Waals surface area (Å²) in [6.07, 6.45) is 2.38. The lowest BCUT2D eigenvalue weighted by atomic mass is 10.1. The molecule has 0 aliphatic carbocycles. The van der Waals surface area contributed by atoms with Crippen molar-refractivity contribution in [1.29, 1.82) is 0 Å². The minimum absolute atomic E-state index is 0.113. The summed E-state index contributed by atoms with van der Waals surface area (Å²) in [4.78, 5) is 2.43. The van der Waals surface area contributed by atoms with Gasteiger partial charge in [-0.3, -0.25) is 4.90 Å². The van der Waals surface area contributed by atoms with E-state index in [9.17, 15) is 0 Å². The standard InChI is InChI=1S/C15H23NO3/c1-18-15-5-3-2-4-13(15)12-16-8-6-14(7-9-16)19-11-10-17/h2-5,14,17H,6-12H2,1H3. The van der Waals surface area contributed by atoms with Crippen LogP contribution in [-0.4, -0.2) is 49.5 Å². The van der Waals surface area contributed by atoms with Crippen molar-refractivity contribution in [3.05, 3.63) is 29.8 Å². The number of benzene rings is 1. The number of likely N-dealkylation sites (tertiary alicyclic amines) is 1. The molecule has 0 unspecified atom stereocenters. The minimum atomic E-state index is 0.113. The zero-order chi connectivity index (χ0) is 13.5. The van der Waals surface area contributed by atoms with E-state index in [0.717, 1.165) is 38.2 Å². The van der Waals surface area contributed by atoms with Crippen molar-refractivity contribution < 1.29 is 14.6 Å². The molecular formula is C15H23NO3. The van der Waals surface area contributed by atoms with Gasteiger partial charge in [0.1, 0.15) is 5.75 Å². The topological polar surface area (TPSA) is 41.9 Å². The largest absolute Gasteiger partial charge is 0.496 e. The Morgan fingerprint density at radius 3 is 2.68 bits per heavy atom. The summed E-state index contributed by atoms with van der Waals surface area (Å²) in [6, 6.07) is 8.17. The molecule has 0 aromatic heterocycles. The second-order valence-corrected chi connectivity index (χ2v) is 4.88. The van der Waals surface area contributed by atoms with Gasteiger partial charge in [-0.2, -0.15) is 0 Å². The quantitative estimate of drug-likeness (QED) is 0.849. The third kappa shape index (κ3) is 4.20. The number of rotatable bonds is 6. The molecule has 1 saturated heterocycles. The summed E-state index contributed by atoms with van der Waals surface area (Å²) in [7, 11) is 1.72. The van der Waals surface area contributed by atoms with E-state index in [1.807, 2.05) is 12.1 Å². The predicted molar refractivity (Wildman–Crippen MR) is 74.3 cm³/mol. The van der Waals surface area contributed by atoms with Crippen LogP contribution in [0, 0.1) is 0 Å². The van der Waals surface area contributed by atoms with Crippen LogP contribution in [0.2, 0.25) is 0 Å². The number of hydrogen-bond donors (Lipinski definition) is 1. The number of para-hydroxylation sites is 1. The van der Waals surface area contributed by atoms with E-state index in [1.54, 1.807) is 7.11 Å². The first kappa shape index (κ1) is 14.3. The number of aliphatic hydroxyl groups is 1. The zero-order valence-corrected chi connectivity index (χ0v) is 11.5. The lowest BCUT2D eigenvalue weighted by Crippen LogP contribution is -2.37. The first-order valence-electron chi connectivity index (χ1n) is 6.90. The number of nitrogens with zero attached hydrogens (tertiary/aromatic N) is 1. The maximum Gasteiger partial charge on any atom is 0.123 e. The molecule has 4 nitrogen and oxygen atoms in total. The summed E-state index contributed by atoms with van der Waals surface area (Å²) in [5.74, 6) is 0.959. The van der Waals surface area contributed by atoms with Crippen LogP contribution in [0.4, 0.5) is 0 Å². The highest BCUT2D eigenvalue weighted by Crippen LogP contribution is 2.22. The van der Waals surface area contributed by atoms with Gasteiger partial charge in [0.25, 0.3) is 0 Å². The maximum absolute atomic E-state index is 8.75. The molecule has 1 aliphatic rings. The average Bonchev–Trinajstić information content (AvgIpc) is 2.47. The molecule has 0 spiro atoms. The summed E-state index contributed by atoms with van der Waals surface area (Å²) < 4.78 is 11.0. The van der Waals surface area contributed by atoms with E-state index in [1.165, 1.54) is 5.56 Å². The lowest BCUT2D eigenvalue weighted by molar-refractivity contribution is -0.00909. The van der Waals surface area contributed by atoms with Crippen LogP contribution in [-0.2, 0) is 11.3 Å². The Labute approximate surface area is 114 Å². The first-order valence-corrected chi connectivity index (χ1v) is 6.90. The average molecular weight is 265 g/mol. The molecule has 0 atom stereocenters. The second-order valence-electron chi connectivity index (χ2n) is 4.88. The smallest absolute Gasteiger partial charge is 0.123 e. The fourth-order valence-corrected chi connectivity index (χ4v) is 2.53. The van der Waals surface area contributed by atoms with E-state index in [-0.39, 0.29) is 6.61 Å². The molecule has 0 radical (unpaired) electrons. The molecule has 1 aromatic rings. The Kier molecular flexibility index (Phi) is 5.63. The van der Waals surface area contributed by atoms with Gasteiger partial charge in [0, 0.05) is 25.2 Å². The molecule has 1 N–H and O–H groups in total. The number of aliphatic hydroxyl groups excluding tert-OH is 1. The van der Waals surface area contributed by atoms with E-state index in [4.69, 9.17) is 14.6 Å². The summed E-state index contributed by atoms with van der Waals surface area (Å²) in [5.41, 5.74) is 1.24. The molecule has 1 aromatic carbocycles. The Bertz CT molecular complexity index is 375. The molecule has 106 valence electrons. The molecular weight excluding hydrogens is 242 g/mol. The van der Waals surface area contributed by atoms with Crippen LogP contribution < -0.4 is 4.74 Å². The van der Waals surface area contributed by atoms with Crippen LogP contribution in [0.25, 0.3) is 0 Å². The van der Waals surface area contributed by atoms with Gasteiger partial charge in [-0.1, -0.05) is 18.2 Å². The fraction of sp³-hybridized carbons (Fsp3) is 0.600. The fourth-order valence-electron chi connectivity index (χ4n) is 2.53. The van der Waals surface area contributed by atoms with Crippen LogP contribution in [0.5, 0.6) is 5.75 Å². The number of hydrogen-bond acceptors (Lipinski definition) is 4. The monoisotopic (exact) mass is 265 g/mol. The van der Waals surface area contributed by atoms with E-state index in [2.05, 4.69) is 17.0 Å². The van der Waals surface area contributed by atoms with Crippen LogP contribution >= 0.6 is 0 Å². The van der Waals surface area contributed by atoms with Gasteiger partial charge in [0.2, 0.25) is 0 Å². The van der Waals surface area contributed by atoms with Gasteiger partial charge >= 0.3 is 0 Å². The van der Waals surface area contributed by atoms with Crippen LogP contribution in [0.3, 0.4) is 0 Å². The third-order valence-electron chi connectivity index (χ3n) is 3.57.